The second-order valence-electron chi connectivity index (χ2n) is 9.95. The van der Waals surface area contributed by atoms with Crippen LogP contribution in [0.2, 0.25) is 0 Å². The first-order valence-electron chi connectivity index (χ1n) is 11.6. The highest BCUT2D eigenvalue weighted by Gasteiger charge is 2.60. The van der Waals surface area contributed by atoms with Crippen LogP contribution in [0.3, 0.4) is 0 Å². The lowest BCUT2D eigenvalue weighted by Crippen LogP contribution is -2.62. The molecule has 36 heavy (non-hydrogen) atoms. The van der Waals surface area contributed by atoms with Crippen molar-refractivity contribution in [2.45, 2.75) is 56.3 Å². The fourth-order valence-corrected chi connectivity index (χ4v) is 5.77. The molecule has 6 rings (SSSR count). The third-order valence-electron chi connectivity index (χ3n) is 7.47. The van der Waals surface area contributed by atoms with Gasteiger partial charge in [0, 0.05) is 35.8 Å². The number of amides is 1. The molecule has 0 spiro atoms. The Labute approximate surface area is 203 Å². The standard InChI is InChI=1S/C24H23F3N6O3/c1-11-18(20(34)22(36)30-23(9-24(26,27)10-23)17-8-28-32-31-17)16-7-12-6-15(12)33(16)19(11)21(35)29-14-4-2-13(25)3-5-14/h2-5,8,12,15,22,30,36H,6-7,9-10H2,1H3,(H,29,35)(H,28,31,32). The van der Waals surface area contributed by atoms with Crippen molar-refractivity contribution in [1.29, 1.82) is 0 Å². The lowest BCUT2D eigenvalue weighted by atomic mass is 9.71. The van der Waals surface area contributed by atoms with E-state index in [1.54, 1.807) is 6.92 Å². The molecule has 0 bridgehead atoms. The Hall–Kier alpha value is -3.51. The zero-order chi connectivity index (χ0) is 25.4. The number of ketones is 1. The average molecular weight is 500 g/mol. The molecule has 2 aliphatic carbocycles. The highest BCUT2D eigenvalue weighted by molar-refractivity contribution is 6.09. The van der Waals surface area contributed by atoms with Gasteiger partial charge in [0.25, 0.3) is 11.8 Å². The van der Waals surface area contributed by atoms with Gasteiger partial charge in [-0.15, -0.1) is 0 Å². The van der Waals surface area contributed by atoms with Crippen molar-refractivity contribution in [2.24, 2.45) is 5.92 Å². The van der Waals surface area contributed by atoms with Crippen molar-refractivity contribution in [3.63, 3.8) is 0 Å². The first kappa shape index (κ1) is 22.9. The molecular weight excluding hydrogens is 477 g/mol. The second kappa shape index (κ2) is 7.74. The van der Waals surface area contributed by atoms with E-state index in [-0.39, 0.29) is 17.3 Å². The number of aliphatic hydroxyl groups is 1. The smallest absolute Gasteiger partial charge is 0.272 e. The first-order chi connectivity index (χ1) is 17.1. The lowest BCUT2D eigenvalue weighted by molar-refractivity contribution is -0.148. The number of anilines is 1. The van der Waals surface area contributed by atoms with Crippen molar-refractivity contribution < 1.29 is 27.9 Å². The zero-order valence-corrected chi connectivity index (χ0v) is 19.2. The number of rotatable bonds is 7. The van der Waals surface area contributed by atoms with Gasteiger partial charge >= 0.3 is 0 Å². The summed E-state index contributed by atoms with van der Waals surface area (Å²) >= 11 is 0. The predicted molar refractivity (Wildman–Crippen MR) is 120 cm³/mol. The van der Waals surface area contributed by atoms with Gasteiger partial charge in [0.1, 0.15) is 17.2 Å². The maximum absolute atomic E-state index is 13.9. The van der Waals surface area contributed by atoms with Gasteiger partial charge < -0.3 is 15.0 Å². The molecule has 3 heterocycles. The summed E-state index contributed by atoms with van der Waals surface area (Å²) in [6, 6.07) is 5.43. The number of H-pyrrole nitrogens is 1. The largest absolute Gasteiger partial charge is 0.371 e. The molecule has 2 aromatic heterocycles. The van der Waals surface area contributed by atoms with Crippen molar-refractivity contribution in [2.75, 3.05) is 5.32 Å². The van der Waals surface area contributed by atoms with Gasteiger partial charge in [0.05, 0.1) is 11.7 Å². The normalized spacial score (nSPS) is 23.4. The van der Waals surface area contributed by atoms with E-state index in [4.69, 9.17) is 0 Å². The van der Waals surface area contributed by atoms with Crippen LogP contribution < -0.4 is 10.6 Å². The number of aromatic nitrogens is 4. The quantitative estimate of drug-likeness (QED) is 0.292. The van der Waals surface area contributed by atoms with Crippen LogP contribution in [0.15, 0.2) is 30.5 Å². The molecule has 0 saturated heterocycles. The molecule has 1 amide bonds. The summed E-state index contributed by atoms with van der Waals surface area (Å²) in [7, 11) is 0. The van der Waals surface area contributed by atoms with Crippen LogP contribution in [0.1, 0.15) is 63.1 Å². The van der Waals surface area contributed by atoms with Gasteiger partial charge in [-0.25, -0.2) is 13.2 Å². The predicted octanol–water partition coefficient (Wildman–Crippen LogP) is 2.84. The number of carbonyl (C=O) groups is 2. The van der Waals surface area contributed by atoms with Gasteiger partial charge in [-0.2, -0.15) is 15.4 Å². The number of fused-ring (bicyclic) bond motifs is 3. The van der Waals surface area contributed by atoms with Crippen LogP contribution >= 0.6 is 0 Å². The number of aliphatic hydroxyl groups excluding tert-OH is 1. The minimum atomic E-state index is -2.96. The summed E-state index contributed by atoms with van der Waals surface area (Å²) in [5.74, 6) is -4.24. The van der Waals surface area contributed by atoms with Crippen molar-refractivity contribution in [3.8, 4) is 0 Å². The molecule has 3 atom stereocenters. The van der Waals surface area contributed by atoms with Crippen LogP contribution in [0.4, 0.5) is 18.9 Å². The number of alkyl halides is 2. The molecule has 1 aliphatic heterocycles. The number of aromatic amines is 1. The third-order valence-corrected chi connectivity index (χ3v) is 7.47. The van der Waals surface area contributed by atoms with Crippen LogP contribution in [0, 0.1) is 18.7 Å². The SMILES string of the molecule is Cc1c(C(=O)C(O)NC2(c3cn[nH]n3)CC(F)(F)C2)c2n(c1C(=O)Nc1ccc(F)cc1)C1CC1C2. The van der Waals surface area contributed by atoms with Crippen LogP contribution in [-0.2, 0) is 12.0 Å². The van der Waals surface area contributed by atoms with Crippen molar-refractivity contribution >= 4 is 17.4 Å². The van der Waals surface area contributed by atoms with Crippen molar-refractivity contribution in [3.05, 3.63) is 64.5 Å². The third kappa shape index (κ3) is 3.54. The van der Waals surface area contributed by atoms with E-state index >= 15 is 0 Å². The number of halogens is 3. The molecule has 1 aromatic carbocycles. The summed E-state index contributed by atoms with van der Waals surface area (Å²) in [5, 5.41) is 26.2. The molecule has 12 heteroatoms. The van der Waals surface area contributed by atoms with Gasteiger partial charge in [-0.3, -0.25) is 14.9 Å². The molecule has 3 unspecified atom stereocenters. The first-order valence-corrected chi connectivity index (χ1v) is 11.6. The lowest BCUT2D eigenvalue weighted by Gasteiger charge is -2.47. The zero-order valence-electron chi connectivity index (χ0n) is 19.2. The number of Topliss-reactive ketones (excluding diaryl/α,β-unsaturated/α-hetero) is 1. The fraction of sp³-hybridized carbons (Fsp3) is 0.417. The van der Waals surface area contributed by atoms with E-state index in [1.165, 1.54) is 30.5 Å². The summed E-state index contributed by atoms with van der Waals surface area (Å²) in [6.45, 7) is 1.63. The Kier molecular flexibility index (Phi) is 4.93. The molecule has 2 fully saturated rings. The highest BCUT2D eigenvalue weighted by Crippen LogP contribution is 2.55. The van der Waals surface area contributed by atoms with E-state index in [2.05, 4.69) is 26.0 Å². The minimum Gasteiger partial charge on any atom is -0.371 e. The van der Waals surface area contributed by atoms with E-state index in [9.17, 15) is 27.9 Å². The van der Waals surface area contributed by atoms with Gasteiger partial charge in [-0.1, -0.05) is 0 Å². The van der Waals surface area contributed by atoms with Gasteiger partial charge in [0.15, 0.2) is 6.23 Å². The molecule has 188 valence electrons. The van der Waals surface area contributed by atoms with Crippen molar-refractivity contribution in [1.82, 2.24) is 25.3 Å². The molecule has 9 nitrogen and oxygen atoms in total. The number of hydrogen-bond donors (Lipinski definition) is 4. The average Bonchev–Trinajstić information content (AvgIpc) is 3.14. The van der Waals surface area contributed by atoms with E-state index in [0.29, 0.717) is 35.0 Å². The molecule has 3 aromatic rings. The summed E-state index contributed by atoms with van der Waals surface area (Å²) in [5.41, 5.74) is 0.738. The van der Waals surface area contributed by atoms with Gasteiger partial charge in [0.2, 0.25) is 5.78 Å². The number of carbonyl (C=O) groups excluding carboxylic acids is 2. The van der Waals surface area contributed by atoms with Crippen LogP contribution in [0.5, 0.6) is 0 Å². The second-order valence-corrected chi connectivity index (χ2v) is 9.95. The Morgan fingerprint density at radius 1 is 1.25 bits per heavy atom. The minimum absolute atomic E-state index is 0.0890. The Bertz CT molecular complexity index is 1360. The maximum Gasteiger partial charge on any atom is 0.272 e. The molecule has 0 radical (unpaired) electrons. The molecule has 3 aliphatic rings. The van der Waals surface area contributed by atoms with E-state index < -0.39 is 48.0 Å². The van der Waals surface area contributed by atoms with E-state index in [0.717, 1.165) is 6.42 Å². The topological polar surface area (TPSA) is 125 Å². The molecular formula is C24H23F3N6O3. The van der Waals surface area contributed by atoms with Crippen LogP contribution in [-0.4, -0.2) is 48.9 Å². The summed E-state index contributed by atoms with van der Waals surface area (Å²) < 4.78 is 42.8. The highest BCUT2D eigenvalue weighted by atomic mass is 19.3. The van der Waals surface area contributed by atoms with E-state index in [1.807, 2.05) is 4.57 Å². The molecule has 4 N–H and O–H groups in total. The molecule has 2 saturated carbocycles. The maximum atomic E-state index is 13.9. The summed E-state index contributed by atoms with van der Waals surface area (Å²) in [6.07, 6.45) is -0.328. The van der Waals surface area contributed by atoms with Gasteiger partial charge in [-0.05, 0) is 55.5 Å². The number of nitrogens with zero attached hydrogens (tertiary/aromatic N) is 3. The number of hydrogen-bond acceptors (Lipinski definition) is 6. The monoisotopic (exact) mass is 500 g/mol. The van der Waals surface area contributed by atoms with Crippen LogP contribution in [0.25, 0.3) is 0 Å². The Balaban J connectivity index is 1.30. The Morgan fingerprint density at radius 2 is 1.97 bits per heavy atom. The number of nitrogens with one attached hydrogen (secondary N) is 3. The fourth-order valence-electron chi connectivity index (χ4n) is 5.77. The Morgan fingerprint density at radius 3 is 2.61 bits per heavy atom. The number of benzene rings is 1. The summed E-state index contributed by atoms with van der Waals surface area (Å²) in [4.78, 5) is 26.7.